The Morgan fingerprint density at radius 2 is 2.05 bits per heavy atom. The summed E-state index contributed by atoms with van der Waals surface area (Å²) in [5.41, 5.74) is -0.478. The van der Waals surface area contributed by atoms with Crippen LogP contribution in [0.1, 0.15) is 37.3 Å². The molecular weight excluding hydrogens is 299 g/mol. The summed E-state index contributed by atoms with van der Waals surface area (Å²) in [6.07, 6.45) is 1.09. The van der Waals surface area contributed by atoms with Crippen molar-refractivity contribution in [2.24, 2.45) is 0 Å². The number of hydrogen-bond acceptors (Lipinski definition) is 4. The van der Waals surface area contributed by atoms with Crippen molar-refractivity contribution >= 4 is 5.91 Å². The fourth-order valence-corrected chi connectivity index (χ4v) is 1.77. The second kappa shape index (κ2) is 6.12. The lowest BCUT2D eigenvalue weighted by Crippen LogP contribution is -2.33. The third-order valence-corrected chi connectivity index (χ3v) is 3.06. The quantitative estimate of drug-likeness (QED) is 0.938. The summed E-state index contributed by atoms with van der Waals surface area (Å²) in [7, 11) is 0. The Hall–Kier alpha value is -2.45. The van der Waals surface area contributed by atoms with E-state index in [2.05, 4.69) is 20.4 Å². The minimum absolute atomic E-state index is 0.415. The second-order valence-corrected chi connectivity index (χ2v) is 4.72. The van der Waals surface area contributed by atoms with Gasteiger partial charge in [-0.1, -0.05) is 0 Å². The Bertz CT molecular complexity index is 641. The molecule has 0 aliphatic heterocycles. The van der Waals surface area contributed by atoms with Gasteiger partial charge in [0.05, 0.1) is 17.9 Å². The second-order valence-electron chi connectivity index (χ2n) is 4.72. The molecule has 22 heavy (non-hydrogen) atoms. The van der Waals surface area contributed by atoms with Crippen LogP contribution in [-0.2, 0) is 11.0 Å². The molecule has 118 valence electrons. The first kappa shape index (κ1) is 15.9. The van der Waals surface area contributed by atoms with Crippen LogP contribution in [0.5, 0.6) is 0 Å². The van der Waals surface area contributed by atoms with E-state index in [0.717, 1.165) is 16.9 Å². The minimum Gasteiger partial charge on any atom is -0.346 e. The fourth-order valence-electron chi connectivity index (χ4n) is 1.77. The van der Waals surface area contributed by atoms with Gasteiger partial charge in [0.2, 0.25) is 5.91 Å². The number of aromatic nitrogens is 4. The molecule has 1 amide bonds. The lowest BCUT2D eigenvalue weighted by atomic mass is 10.2. The average molecular weight is 313 g/mol. The highest BCUT2D eigenvalue weighted by molar-refractivity contribution is 5.80. The molecule has 1 N–H and O–H groups in total. The van der Waals surface area contributed by atoms with Crippen molar-refractivity contribution in [3.05, 3.63) is 42.2 Å². The normalized spacial score (nSPS) is 14.4. The van der Waals surface area contributed by atoms with E-state index in [4.69, 9.17) is 0 Å². The minimum atomic E-state index is -4.53. The molecule has 0 radical (unpaired) electrons. The Balaban J connectivity index is 2.05. The molecule has 2 aromatic rings. The largest absolute Gasteiger partial charge is 0.435 e. The van der Waals surface area contributed by atoms with Gasteiger partial charge in [-0.3, -0.25) is 19.4 Å². The summed E-state index contributed by atoms with van der Waals surface area (Å²) >= 11 is 0. The molecule has 2 rings (SSSR count). The molecule has 0 aliphatic rings. The number of alkyl halides is 3. The Kier molecular flexibility index (Phi) is 4.43. The smallest absolute Gasteiger partial charge is 0.346 e. The van der Waals surface area contributed by atoms with Gasteiger partial charge in [0.15, 0.2) is 5.69 Å². The molecule has 0 saturated heterocycles. The van der Waals surface area contributed by atoms with Gasteiger partial charge in [0.25, 0.3) is 0 Å². The molecule has 0 spiro atoms. The predicted octanol–water partition coefficient (Wildman–Crippen LogP) is 2.13. The van der Waals surface area contributed by atoms with Crippen molar-refractivity contribution in [1.82, 2.24) is 25.1 Å². The number of nitrogens with one attached hydrogen (secondary N) is 1. The van der Waals surface area contributed by atoms with E-state index in [1.54, 1.807) is 6.92 Å². The van der Waals surface area contributed by atoms with Gasteiger partial charge in [-0.15, -0.1) is 0 Å². The molecule has 0 aromatic carbocycles. The maximum absolute atomic E-state index is 12.5. The van der Waals surface area contributed by atoms with Crippen LogP contribution >= 0.6 is 0 Å². The lowest BCUT2D eigenvalue weighted by Gasteiger charge is -2.17. The summed E-state index contributed by atoms with van der Waals surface area (Å²) in [4.78, 5) is 20.0. The Labute approximate surface area is 124 Å². The molecule has 0 bridgehead atoms. The van der Waals surface area contributed by atoms with Crippen molar-refractivity contribution in [2.75, 3.05) is 0 Å². The van der Waals surface area contributed by atoms with Gasteiger partial charge in [-0.2, -0.15) is 18.3 Å². The number of carbonyl (C=O) groups is 1. The first-order valence-electron chi connectivity index (χ1n) is 6.47. The van der Waals surface area contributed by atoms with Crippen LogP contribution in [0, 0.1) is 0 Å². The van der Waals surface area contributed by atoms with Crippen LogP contribution in [0.25, 0.3) is 0 Å². The Morgan fingerprint density at radius 1 is 1.32 bits per heavy atom. The third-order valence-electron chi connectivity index (χ3n) is 3.06. The van der Waals surface area contributed by atoms with Crippen LogP contribution in [0.3, 0.4) is 0 Å². The molecule has 0 aliphatic carbocycles. The van der Waals surface area contributed by atoms with Crippen molar-refractivity contribution in [2.45, 2.75) is 32.1 Å². The number of halogens is 3. The monoisotopic (exact) mass is 313 g/mol. The van der Waals surface area contributed by atoms with Crippen LogP contribution in [0.2, 0.25) is 0 Å². The summed E-state index contributed by atoms with van der Waals surface area (Å²) in [6, 6.07) is -0.466. The molecule has 1 unspecified atom stereocenters. The lowest BCUT2D eigenvalue weighted by molar-refractivity contribution is -0.142. The van der Waals surface area contributed by atoms with Crippen LogP contribution in [-0.4, -0.2) is 25.7 Å². The molecular formula is C13H14F3N5O. The van der Waals surface area contributed by atoms with E-state index < -0.39 is 29.9 Å². The van der Waals surface area contributed by atoms with Gasteiger partial charge >= 0.3 is 6.18 Å². The van der Waals surface area contributed by atoms with Crippen molar-refractivity contribution in [3.63, 3.8) is 0 Å². The summed E-state index contributed by atoms with van der Waals surface area (Å²) < 4.78 is 38.5. The first-order valence-corrected chi connectivity index (χ1v) is 6.47. The van der Waals surface area contributed by atoms with Gasteiger partial charge in [0, 0.05) is 18.6 Å². The van der Waals surface area contributed by atoms with Gasteiger partial charge in [-0.25, -0.2) is 0 Å². The number of nitrogens with zero attached hydrogens (tertiary/aromatic N) is 4. The van der Waals surface area contributed by atoms with E-state index in [1.165, 1.54) is 25.5 Å². The van der Waals surface area contributed by atoms with Gasteiger partial charge < -0.3 is 5.32 Å². The maximum atomic E-state index is 12.5. The van der Waals surface area contributed by atoms with E-state index in [-0.39, 0.29) is 0 Å². The highest BCUT2D eigenvalue weighted by Gasteiger charge is 2.34. The van der Waals surface area contributed by atoms with Gasteiger partial charge in [-0.05, 0) is 19.9 Å². The number of hydrogen-bond donors (Lipinski definition) is 1. The van der Waals surface area contributed by atoms with Crippen LogP contribution < -0.4 is 5.32 Å². The Morgan fingerprint density at radius 3 is 2.59 bits per heavy atom. The topological polar surface area (TPSA) is 72.7 Å². The van der Waals surface area contributed by atoms with E-state index >= 15 is 0 Å². The van der Waals surface area contributed by atoms with E-state index in [0.29, 0.717) is 5.69 Å². The third kappa shape index (κ3) is 3.60. The zero-order valence-corrected chi connectivity index (χ0v) is 11.9. The number of carbonyl (C=O) groups excluding carboxylic acids is 1. The van der Waals surface area contributed by atoms with Gasteiger partial charge in [0.1, 0.15) is 6.04 Å². The van der Waals surface area contributed by atoms with Crippen molar-refractivity contribution < 1.29 is 18.0 Å². The SMILES string of the molecule is CC(C(=O)N[C@@H](C)c1cnccn1)n1ccc(C(F)(F)F)n1. The zero-order chi connectivity index (χ0) is 16.3. The highest BCUT2D eigenvalue weighted by atomic mass is 19.4. The summed E-state index contributed by atoms with van der Waals surface area (Å²) in [5.74, 6) is -0.463. The fraction of sp³-hybridized carbons (Fsp3) is 0.385. The van der Waals surface area contributed by atoms with E-state index in [1.807, 2.05) is 0 Å². The van der Waals surface area contributed by atoms with Crippen LogP contribution in [0.4, 0.5) is 13.2 Å². The predicted molar refractivity (Wildman–Crippen MR) is 70.5 cm³/mol. The molecule has 9 heteroatoms. The van der Waals surface area contributed by atoms with Crippen LogP contribution in [0.15, 0.2) is 30.9 Å². The molecule has 2 heterocycles. The van der Waals surface area contributed by atoms with Crippen molar-refractivity contribution in [1.29, 1.82) is 0 Å². The summed E-state index contributed by atoms with van der Waals surface area (Å²) in [6.45, 7) is 3.17. The molecule has 2 aromatic heterocycles. The number of amides is 1. The van der Waals surface area contributed by atoms with E-state index in [9.17, 15) is 18.0 Å². The summed E-state index contributed by atoms with van der Waals surface area (Å²) in [5, 5.41) is 6.04. The average Bonchev–Trinajstić information content (AvgIpc) is 2.97. The molecule has 6 nitrogen and oxygen atoms in total. The molecule has 2 atom stereocenters. The highest BCUT2D eigenvalue weighted by Crippen LogP contribution is 2.27. The molecule has 0 saturated carbocycles. The number of rotatable bonds is 4. The molecule has 0 fully saturated rings. The standard InChI is InChI=1S/C13H14F3N5O/c1-8(10-7-17-4-5-18-10)19-12(22)9(2)21-6-3-11(20-21)13(14,15)16/h3-9H,1-2H3,(H,19,22)/t8-,9?/m0/s1. The first-order chi connectivity index (χ1) is 10.3. The zero-order valence-electron chi connectivity index (χ0n) is 11.9. The van der Waals surface area contributed by atoms with Crippen molar-refractivity contribution in [3.8, 4) is 0 Å². The maximum Gasteiger partial charge on any atom is 0.435 e.